The summed E-state index contributed by atoms with van der Waals surface area (Å²) in [6.07, 6.45) is 1.57. The lowest BCUT2D eigenvalue weighted by molar-refractivity contribution is 0.306. The molecule has 0 saturated carbocycles. The fourth-order valence-electron chi connectivity index (χ4n) is 3.47. The molecule has 2 aromatic carbocycles. The van der Waals surface area contributed by atoms with E-state index in [1.54, 1.807) is 42.1 Å². The van der Waals surface area contributed by atoms with Crippen molar-refractivity contribution in [3.63, 3.8) is 0 Å². The molecule has 5 rings (SSSR count). The highest BCUT2D eigenvalue weighted by molar-refractivity contribution is 7.89. The number of sulfonamides is 1. The number of methoxy groups -OCH3 is 1. The Morgan fingerprint density at radius 1 is 0.971 bits per heavy atom. The number of aromatic nitrogens is 5. The van der Waals surface area contributed by atoms with Gasteiger partial charge in [0.15, 0.2) is 11.5 Å². The summed E-state index contributed by atoms with van der Waals surface area (Å²) in [7, 11) is -2.16. The summed E-state index contributed by atoms with van der Waals surface area (Å²) < 4.78 is 40.6. The van der Waals surface area contributed by atoms with Crippen molar-refractivity contribution in [1.82, 2.24) is 29.5 Å². The van der Waals surface area contributed by atoms with Crippen LogP contribution in [0.25, 0.3) is 27.9 Å². The minimum absolute atomic E-state index is 0.0544. The summed E-state index contributed by atoms with van der Waals surface area (Å²) in [6, 6.07) is 19.4. The Labute approximate surface area is 195 Å². The molecule has 1 N–H and O–H groups in total. The van der Waals surface area contributed by atoms with Gasteiger partial charge >= 0.3 is 0 Å². The average molecular weight is 477 g/mol. The number of benzene rings is 2. The van der Waals surface area contributed by atoms with Crippen LogP contribution >= 0.6 is 0 Å². The molecule has 0 saturated heterocycles. The Balaban J connectivity index is 1.28. The number of para-hydroxylation sites is 1. The van der Waals surface area contributed by atoms with Crippen LogP contribution in [0.15, 0.2) is 77.8 Å². The van der Waals surface area contributed by atoms with Crippen LogP contribution in [0, 0.1) is 0 Å². The van der Waals surface area contributed by atoms with Gasteiger partial charge in [0.2, 0.25) is 15.9 Å². The largest absolute Gasteiger partial charge is 0.497 e. The van der Waals surface area contributed by atoms with Crippen LogP contribution in [0.1, 0.15) is 0 Å². The van der Waals surface area contributed by atoms with Gasteiger partial charge in [-0.15, -0.1) is 15.3 Å². The molecule has 0 unspecified atom stereocenters. The smallest absolute Gasteiger partial charge is 0.242 e. The van der Waals surface area contributed by atoms with Crippen molar-refractivity contribution < 1.29 is 17.9 Å². The van der Waals surface area contributed by atoms with E-state index in [0.717, 1.165) is 16.7 Å². The van der Waals surface area contributed by atoms with Crippen LogP contribution in [-0.2, 0) is 10.0 Å². The second-order valence-electron chi connectivity index (χ2n) is 7.27. The number of hydrogen-bond acceptors (Lipinski definition) is 8. The van der Waals surface area contributed by atoms with Crippen molar-refractivity contribution in [2.24, 2.45) is 0 Å². The molecule has 11 heteroatoms. The third-order valence-electron chi connectivity index (χ3n) is 5.12. The quantitative estimate of drug-likeness (QED) is 0.340. The molecule has 0 aliphatic rings. The van der Waals surface area contributed by atoms with Crippen molar-refractivity contribution in [2.45, 2.75) is 4.90 Å². The van der Waals surface area contributed by atoms with E-state index in [-0.39, 0.29) is 18.0 Å². The maximum Gasteiger partial charge on any atom is 0.242 e. The third kappa shape index (κ3) is 4.26. The molecule has 0 aliphatic heterocycles. The molecule has 0 fully saturated rings. The molecule has 0 amide bonds. The molecule has 172 valence electrons. The molecule has 0 radical (unpaired) electrons. The maximum atomic E-state index is 12.8. The maximum absolute atomic E-state index is 12.8. The highest BCUT2D eigenvalue weighted by atomic mass is 32.2. The van der Waals surface area contributed by atoms with Crippen molar-refractivity contribution >= 4 is 26.6 Å². The Hall–Kier alpha value is -4.09. The number of nitrogens with one attached hydrogen (secondary N) is 1. The van der Waals surface area contributed by atoms with Gasteiger partial charge in [-0.25, -0.2) is 13.1 Å². The van der Waals surface area contributed by atoms with Gasteiger partial charge in [-0.1, -0.05) is 18.2 Å². The first-order valence-electron chi connectivity index (χ1n) is 10.4. The summed E-state index contributed by atoms with van der Waals surface area (Å²) >= 11 is 0. The lowest BCUT2D eigenvalue weighted by atomic mass is 10.2. The minimum Gasteiger partial charge on any atom is -0.497 e. The predicted molar refractivity (Wildman–Crippen MR) is 125 cm³/mol. The molecule has 3 heterocycles. The van der Waals surface area contributed by atoms with Crippen LogP contribution < -0.4 is 14.2 Å². The van der Waals surface area contributed by atoms with Gasteiger partial charge in [0.1, 0.15) is 17.3 Å². The summed E-state index contributed by atoms with van der Waals surface area (Å²) in [6.45, 7) is 0.134. The monoisotopic (exact) mass is 476 g/mol. The molecule has 0 aliphatic carbocycles. The van der Waals surface area contributed by atoms with Crippen LogP contribution in [-0.4, -0.2) is 53.5 Å². The number of rotatable bonds is 8. The first kappa shape index (κ1) is 21.7. The average Bonchev–Trinajstić information content (AvgIpc) is 3.29. The Morgan fingerprint density at radius 2 is 1.79 bits per heavy atom. The molecule has 34 heavy (non-hydrogen) atoms. The molecule has 0 spiro atoms. The molecule has 0 bridgehead atoms. The first-order valence-corrected chi connectivity index (χ1v) is 11.9. The first-order chi connectivity index (χ1) is 16.5. The van der Waals surface area contributed by atoms with Crippen LogP contribution in [0.5, 0.6) is 11.6 Å². The molecular formula is C23H20N6O4S. The number of pyridine rings is 1. The Kier molecular flexibility index (Phi) is 5.78. The second-order valence-corrected chi connectivity index (χ2v) is 9.01. The van der Waals surface area contributed by atoms with Gasteiger partial charge in [-0.3, -0.25) is 4.98 Å². The number of nitrogens with zero attached hydrogens (tertiary/aromatic N) is 5. The van der Waals surface area contributed by atoms with Crippen molar-refractivity contribution in [2.75, 3.05) is 20.3 Å². The van der Waals surface area contributed by atoms with E-state index in [1.165, 1.54) is 6.07 Å². The standard InChI is InChI=1S/C23H20N6O4S/c1-32-18-9-7-17(8-10-18)23-27-26-20-11-12-21(28-29(20)23)33-15-14-25-34(30,31)19-6-2-4-16-5-3-13-24-22(16)19/h2-13,25H,14-15H2,1H3. The van der Waals surface area contributed by atoms with E-state index in [4.69, 9.17) is 9.47 Å². The summed E-state index contributed by atoms with van der Waals surface area (Å²) in [5.41, 5.74) is 1.79. The predicted octanol–water partition coefficient (Wildman–Crippen LogP) is 2.71. The second kappa shape index (κ2) is 9.04. The highest BCUT2D eigenvalue weighted by Gasteiger charge is 2.18. The minimum atomic E-state index is -3.76. The molecule has 5 aromatic rings. The molecule has 3 aromatic heterocycles. The Morgan fingerprint density at radius 3 is 2.62 bits per heavy atom. The summed E-state index contributed by atoms with van der Waals surface area (Å²) in [5.74, 6) is 1.59. The number of hydrogen-bond donors (Lipinski definition) is 1. The normalized spacial score (nSPS) is 11.7. The summed E-state index contributed by atoms with van der Waals surface area (Å²) in [5, 5.41) is 13.5. The summed E-state index contributed by atoms with van der Waals surface area (Å²) in [4.78, 5) is 4.33. The van der Waals surface area contributed by atoms with Gasteiger partial charge < -0.3 is 9.47 Å². The number of ether oxygens (including phenoxy) is 2. The lowest BCUT2D eigenvalue weighted by Gasteiger charge is -2.10. The third-order valence-corrected chi connectivity index (χ3v) is 6.61. The van der Waals surface area contributed by atoms with Crippen molar-refractivity contribution in [1.29, 1.82) is 0 Å². The zero-order chi connectivity index (χ0) is 23.5. The van der Waals surface area contributed by atoms with Crippen molar-refractivity contribution in [3.8, 4) is 23.0 Å². The van der Waals surface area contributed by atoms with Crippen LogP contribution in [0.2, 0.25) is 0 Å². The van der Waals surface area contributed by atoms with Gasteiger partial charge in [-0.2, -0.15) is 4.52 Å². The van der Waals surface area contributed by atoms with Gasteiger partial charge in [0.05, 0.1) is 12.6 Å². The SMILES string of the molecule is COc1ccc(-c2nnc3ccc(OCCNS(=O)(=O)c4cccc5cccnc45)nn23)cc1. The van der Waals surface area contributed by atoms with E-state index >= 15 is 0 Å². The molecule has 0 atom stereocenters. The van der Waals surface area contributed by atoms with Crippen molar-refractivity contribution in [3.05, 3.63) is 72.9 Å². The fraction of sp³-hybridized carbons (Fsp3) is 0.130. The van der Waals surface area contributed by atoms with E-state index in [1.807, 2.05) is 36.4 Å². The zero-order valence-electron chi connectivity index (χ0n) is 18.1. The fourth-order valence-corrected chi connectivity index (χ4v) is 4.66. The van der Waals surface area contributed by atoms with E-state index in [2.05, 4.69) is 25.0 Å². The van der Waals surface area contributed by atoms with Gasteiger partial charge in [-0.05, 0) is 42.5 Å². The topological polar surface area (TPSA) is 121 Å². The van der Waals surface area contributed by atoms with E-state index < -0.39 is 10.0 Å². The number of fused-ring (bicyclic) bond motifs is 2. The highest BCUT2D eigenvalue weighted by Crippen LogP contribution is 2.22. The molecule has 10 nitrogen and oxygen atoms in total. The van der Waals surface area contributed by atoms with E-state index in [0.29, 0.717) is 22.9 Å². The van der Waals surface area contributed by atoms with Crippen LogP contribution in [0.4, 0.5) is 0 Å². The van der Waals surface area contributed by atoms with Crippen LogP contribution in [0.3, 0.4) is 0 Å². The lowest BCUT2D eigenvalue weighted by Crippen LogP contribution is -2.28. The van der Waals surface area contributed by atoms with E-state index in [9.17, 15) is 8.42 Å². The molecular weight excluding hydrogens is 456 g/mol. The van der Waals surface area contributed by atoms with Gasteiger partial charge in [0.25, 0.3) is 0 Å². The Bertz CT molecular complexity index is 1560. The van der Waals surface area contributed by atoms with Gasteiger partial charge in [0, 0.05) is 29.8 Å². The zero-order valence-corrected chi connectivity index (χ0v) is 18.9.